The molecule has 146 valence electrons. The monoisotopic (exact) mass is 414 g/mol. The summed E-state index contributed by atoms with van der Waals surface area (Å²) in [5.41, 5.74) is 1.06. The van der Waals surface area contributed by atoms with E-state index in [0.717, 1.165) is 4.90 Å². The molecule has 0 atom stereocenters. The number of aryl methyl sites for hydroxylation is 1. The van der Waals surface area contributed by atoms with E-state index in [1.165, 1.54) is 23.9 Å². The van der Waals surface area contributed by atoms with Gasteiger partial charge in [0.15, 0.2) is 0 Å². The van der Waals surface area contributed by atoms with E-state index < -0.39 is 6.43 Å². The highest BCUT2D eigenvalue weighted by atomic mass is 35.5. The highest BCUT2D eigenvalue weighted by Gasteiger charge is 2.19. The Morgan fingerprint density at radius 3 is 2.56 bits per heavy atom. The van der Waals surface area contributed by atoms with E-state index in [-0.39, 0.29) is 30.3 Å². The molecule has 27 heavy (non-hydrogen) atoms. The van der Waals surface area contributed by atoms with Crippen molar-refractivity contribution in [3.8, 4) is 11.5 Å². The van der Waals surface area contributed by atoms with Gasteiger partial charge in [-0.25, -0.2) is 8.78 Å². The van der Waals surface area contributed by atoms with Crippen LogP contribution in [-0.2, 0) is 17.8 Å². The zero-order valence-electron chi connectivity index (χ0n) is 15.4. The first-order chi connectivity index (χ1) is 12.9. The molecule has 2 rings (SSSR count). The van der Waals surface area contributed by atoms with Crippen LogP contribution in [0, 0.1) is 0 Å². The first kappa shape index (κ1) is 21.5. The Morgan fingerprint density at radius 1 is 1.22 bits per heavy atom. The van der Waals surface area contributed by atoms with Crippen molar-refractivity contribution in [3.05, 3.63) is 52.0 Å². The third kappa shape index (κ3) is 5.36. The Hall–Kier alpha value is -1.79. The molecule has 0 N–H and O–H groups in total. The van der Waals surface area contributed by atoms with Gasteiger partial charge in [-0.1, -0.05) is 31.5 Å². The van der Waals surface area contributed by atoms with Gasteiger partial charge < -0.3 is 9.47 Å². The van der Waals surface area contributed by atoms with Gasteiger partial charge in [-0.3, -0.25) is 4.79 Å². The third-order valence-corrected chi connectivity index (χ3v) is 5.16. The van der Waals surface area contributed by atoms with Crippen LogP contribution in [0.5, 0.6) is 11.5 Å². The fourth-order valence-electron chi connectivity index (χ4n) is 2.50. The third-order valence-electron chi connectivity index (χ3n) is 3.99. The van der Waals surface area contributed by atoms with Crippen LogP contribution < -0.4 is 9.47 Å². The van der Waals surface area contributed by atoms with Crippen LogP contribution in [-0.4, -0.2) is 12.2 Å². The average molecular weight is 415 g/mol. The average Bonchev–Trinajstić information content (AvgIpc) is 2.66. The number of ether oxygens (including phenoxy) is 2. The molecule has 2 aromatic carbocycles. The van der Waals surface area contributed by atoms with Gasteiger partial charge in [0.1, 0.15) is 18.1 Å². The van der Waals surface area contributed by atoms with Gasteiger partial charge in [-0.05, 0) is 42.5 Å². The number of esters is 1. The SMILES string of the molecule is CCC(=O)Oc1cccc(SC)c1COc1cc(Cl)c(CC)cc1C(F)F. The molecule has 0 saturated heterocycles. The number of hydrogen-bond acceptors (Lipinski definition) is 4. The van der Waals surface area contributed by atoms with E-state index in [0.29, 0.717) is 28.3 Å². The Morgan fingerprint density at radius 2 is 1.96 bits per heavy atom. The molecule has 3 nitrogen and oxygen atoms in total. The summed E-state index contributed by atoms with van der Waals surface area (Å²) in [7, 11) is 0. The minimum absolute atomic E-state index is 0.0230. The van der Waals surface area contributed by atoms with E-state index in [4.69, 9.17) is 21.1 Å². The molecule has 0 fully saturated rings. The second kappa shape index (κ2) is 9.95. The van der Waals surface area contributed by atoms with Crippen LogP contribution in [0.15, 0.2) is 35.2 Å². The van der Waals surface area contributed by atoms with Crippen molar-refractivity contribution in [1.82, 2.24) is 0 Å². The lowest BCUT2D eigenvalue weighted by Gasteiger charge is -2.17. The summed E-state index contributed by atoms with van der Waals surface area (Å²) in [6.45, 7) is 3.52. The maximum absolute atomic E-state index is 13.4. The van der Waals surface area contributed by atoms with Crippen molar-refractivity contribution in [2.24, 2.45) is 0 Å². The number of hydrogen-bond donors (Lipinski definition) is 0. The first-order valence-electron chi connectivity index (χ1n) is 8.51. The van der Waals surface area contributed by atoms with Crippen molar-refractivity contribution in [2.45, 2.75) is 44.6 Å². The highest BCUT2D eigenvalue weighted by molar-refractivity contribution is 7.98. The Kier molecular flexibility index (Phi) is 7.92. The predicted molar refractivity (Wildman–Crippen MR) is 104 cm³/mol. The van der Waals surface area contributed by atoms with Gasteiger partial charge in [0.2, 0.25) is 0 Å². The summed E-state index contributed by atoms with van der Waals surface area (Å²) >= 11 is 7.62. The summed E-state index contributed by atoms with van der Waals surface area (Å²) in [5.74, 6) is 0.0116. The Bertz CT molecular complexity index is 812. The first-order valence-corrected chi connectivity index (χ1v) is 10.1. The maximum atomic E-state index is 13.4. The molecular weight excluding hydrogens is 394 g/mol. The summed E-state index contributed by atoms with van der Waals surface area (Å²) in [6.07, 6.45) is -0.0313. The number of alkyl halides is 2. The number of carbonyl (C=O) groups is 1. The number of rotatable bonds is 8. The van der Waals surface area contributed by atoms with Crippen LogP contribution in [0.1, 0.15) is 43.4 Å². The molecule has 0 aliphatic rings. The molecule has 0 saturated carbocycles. The minimum atomic E-state index is -2.68. The van der Waals surface area contributed by atoms with E-state index in [9.17, 15) is 13.6 Å². The lowest BCUT2D eigenvalue weighted by molar-refractivity contribution is -0.134. The van der Waals surface area contributed by atoms with Gasteiger partial charge >= 0.3 is 5.97 Å². The molecule has 0 heterocycles. The normalized spacial score (nSPS) is 10.9. The van der Waals surface area contributed by atoms with Crippen LogP contribution >= 0.6 is 23.4 Å². The fourth-order valence-corrected chi connectivity index (χ4v) is 3.41. The minimum Gasteiger partial charge on any atom is -0.488 e. The van der Waals surface area contributed by atoms with Crippen molar-refractivity contribution in [3.63, 3.8) is 0 Å². The summed E-state index contributed by atoms with van der Waals surface area (Å²) < 4.78 is 37.9. The van der Waals surface area contributed by atoms with Crippen molar-refractivity contribution in [1.29, 1.82) is 0 Å². The molecule has 0 spiro atoms. The lowest BCUT2D eigenvalue weighted by atomic mass is 10.1. The van der Waals surface area contributed by atoms with E-state index >= 15 is 0 Å². The maximum Gasteiger partial charge on any atom is 0.310 e. The van der Waals surface area contributed by atoms with E-state index in [1.54, 1.807) is 19.1 Å². The number of halogens is 3. The van der Waals surface area contributed by atoms with E-state index in [1.807, 2.05) is 19.2 Å². The number of carbonyl (C=O) groups excluding carboxylic acids is 1. The molecular formula is C20H21ClF2O3S. The fraction of sp³-hybridized carbons (Fsp3) is 0.350. The van der Waals surface area contributed by atoms with Crippen LogP contribution in [0.25, 0.3) is 0 Å². The Balaban J connectivity index is 2.36. The zero-order valence-corrected chi connectivity index (χ0v) is 16.9. The lowest BCUT2D eigenvalue weighted by Crippen LogP contribution is -2.09. The van der Waals surface area contributed by atoms with Gasteiger partial charge in [-0.2, -0.15) is 0 Å². The highest BCUT2D eigenvalue weighted by Crippen LogP contribution is 2.36. The quantitative estimate of drug-likeness (QED) is 0.282. The van der Waals surface area contributed by atoms with Crippen LogP contribution in [0.2, 0.25) is 5.02 Å². The summed E-state index contributed by atoms with van der Waals surface area (Å²) in [4.78, 5) is 12.5. The smallest absolute Gasteiger partial charge is 0.310 e. The van der Waals surface area contributed by atoms with Gasteiger partial charge in [0.25, 0.3) is 6.43 Å². The molecule has 0 aliphatic carbocycles. The molecule has 2 aromatic rings. The van der Waals surface area contributed by atoms with Gasteiger partial charge in [0.05, 0.1) is 5.56 Å². The molecule has 0 aromatic heterocycles. The molecule has 0 bridgehead atoms. The molecule has 0 aliphatic heterocycles. The molecule has 0 unspecified atom stereocenters. The topological polar surface area (TPSA) is 35.5 Å². The second-order valence-electron chi connectivity index (χ2n) is 5.69. The number of benzene rings is 2. The largest absolute Gasteiger partial charge is 0.488 e. The predicted octanol–water partition coefficient (Wildman–Crippen LogP) is 6.46. The van der Waals surface area contributed by atoms with Crippen molar-refractivity contribution >= 4 is 29.3 Å². The van der Waals surface area contributed by atoms with Gasteiger partial charge in [-0.15, -0.1) is 11.8 Å². The van der Waals surface area contributed by atoms with Crippen LogP contribution in [0.4, 0.5) is 8.78 Å². The summed E-state index contributed by atoms with van der Waals surface area (Å²) in [6, 6.07) is 8.08. The summed E-state index contributed by atoms with van der Waals surface area (Å²) in [5, 5.41) is 0.382. The Labute approximate surface area is 167 Å². The number of thioether (sulfide) groups is 1. The van der Waals surface area contributed by atoms with Crippen LogP contribution in [0.3, 0.4) is 0 Å². The zero-order chi connectivity index (χ0) is 20.0. The standard InChI is InChI=1S/C20H21ClF2O3S/c1-4-12-9-13(20(22)23)17(10-15(12)21)25-11-14-16(26-19(24)5-2)7-6-8-18(14)27-3/h6-10,20H,4-5,11H2,1-3H3. The van der Waals surface area contributed by atoms with Crippen molar-refractivity contribution < 1.29 is 23.0 Å². The molecule has 0 amide bonds. The van der Waals surface area contributed by atoms with E-state index in [2.05, 4.69) is 0 Å². The molecule has 0 radical (unpaired) electrons. The van der Waals surface area contributed by atoms with Gasteiger partial charge in [0, 0.05) is 21.9 Å². The molecule has 7 heteroatoms. The van der Waals surface area contributed by atoms with Crippen molar-refractivity contribution in [2.75, 3.05) is 6.26 Å². The second-order valence-corrected chi connectivity index (χ2v) is 6.94.